The van der Waals surface area contributed by atoms with Crippen molar-refractivity contribution in [3.05, 3.63) is 66.3 Å². The van der Waals surface area contributed by atoms with E-state index < -0.39 is 5.97 Å². The summed E-state index contributed by atoms with van der Waals surface area (Å²) in [5, 5.41) is 8.85. The number of carbonyl (C=O) groups is 1. The van der Waals surface area contributed by atoms with E-state index in [9.17, 15) is 4.79 Å². The number of hydrogen-bond acceptors (Lipinski definition) is 7. The van der Waals surface area contributed by atoms with E-state index in [0.29, 0.717) is 30.8 Å². The van der Waals surface area contributed by atoms with Gasteiger partial charge in [0.05, 0.1) is 13.1 Å². The van der Waals surface area contributed by atoms with E-state index in [4.69, 9.17) is 14.8 Å². The molecule has 5 rings (SSSR count). The number of aliphatic carboxylic acids is 1. The molecule has 2 N–H and O–H groups in total. The van der Waals surface area contributed by atoms with Gasteiger partial charge in [0, 0.05) is 51.0 Å². The van der Waals surface area contributed by atoms with E-state index in [1.54, 1.807) is 6.20 Å². The largest absolute Gasteiger partial charge is 0.482 e. The number of nitrogens with one attached hydrogen (secondary N) is 1. The fourth-order valence-corrected chi connectivity index (χ4v) is 6.57. The fraction of sp³-hybridized carbons (Fsp3) is 0.594. The quantitative estimate of drug-likeness (QED) is 0.278. The Morgan fingerprint density at radius 2 is 1.79 bits per heavy atom. The first-order valence-electron chi connectivity index (χ1n) is 15.4. The Morgan fingerprint density at radius 3 is 2.48 bits per heavy atom. The number of benzene rings is 1. The number of imidazole rings is 2. The fourth-order valence-electron chi connectivity index (χ4n) is 6.57. The number of aromatic amines is 1. The highest BCUT2D eigenvalue weighted by Crippen LogP contribution is 2.40. The summed E-state index contributed by atoms with van der Waals surface area (Å²) >= 11 is 0. The van der Waals surface area contributed by atoms with Gasteiger partial charge in [-0.3, -0.25) is 4.90 Å². The Hall–Kier alpha value is -3.21. The molecule has 0 aliphatic carbocycles. The standard InChI is InChI=1S/C32H47N7O3/c1-26(2)20-36-16-8-32(9-17-36)10-18-37(25-32)14-3-15-39-19-13-35-30(39)23-38(22-29-33-11-12-34-29)21-27-4-6-28(7-5-27)42-24-31(40)41/h4-7,11-13,19,26H,3,8-10,14-18,20-25H2,1-2H3,(H,33,34)(H,40,41). The van der Waals surface area contributed by atoms with Crippen molar-refractivity contribution in [3.8, 4) is 5.75 Å². The van der Waals surface area contributed by atoms with Crippen LogP contribution in [0.2, 0.25) is 0 Å². The third-order valence-corrected chi connectivity index (χ3v) is 8.72. The van der Waals surface area contributed by atoms with Crippen LogP contribution >= 0.6 is 0 Å². The monoisotopic (exact) mass is 577 g/mol. The second-order valence-electron chi connectivity index (χ2n) is 12.6. The SMILES string of the molecule is CC(C)CN1CCC2(CC1)CCN(CCCn1ccnc1CN(Cc1ccc(OCC(=O)O)cc1)Cc1ncc[nH]1)C2. The number of aryl methyl sites for hydroxylation is 1. The second-order valence-corrected chi connectivity index (χ2v) is 12.6. The molecule has 10 nitrogen and oxygen atoms in total. The van der Waals surface area contributed by atoms with Crippen LogP contribution in [0.3, 0.4) is 0 Å². The molecule has 2 saturated heterocycles. The van der Waals surface area contributed by atoms with Crippen molar-refractivity contribution in [1.29, 1.82) is 0 Å². The summed E-state index contributed by atoms with van der Waals surface area (Å²) in [4.78, 5) is 30.9. The lowest BCUT2D eigenvalue weighted by Gasteiger charge is -2.40. The molecule has 0 amide bonds. The van der Waals surface area contributed by atoms with Gasteiger partial charge in [0.25, 0.3) is 0 Å². The van der Waals surface area contributed by atoms with Crippen LogP contribution in [0.5, 0.6) is 5.75 Å². The molecule has 0 radical (unpaired) electrons. The molecular weight excluding hydrogens is 530 g/mol. The molecule has 3 aromatic rings. The summed E-state index contributed by atoms with van der Waals surface area (Å²) in [7, 11) is 0. The topological polar surface area (TPSA) is 103 Å². The number of piperidine rings is 1. The molecule has 228 valence electrons. The van der Waals surface area contributed by atoms with Crippen molar-refractivity contribution in [3.63, 3.8) is 0 Å². The summed E-state index contributed by atoms with van der Waals surface area (Å²) in [6.45, 7) is 14.7. The summed E-state index contributed by atoms with van der Waals surface area (Å²) in [5.41, 5.74) is 1.65. The molecule has 42 heavy (non-hydrogen) atoms. The number of rotatable bonds is 15. The maximum Gasteiger partial charge on any atom is 0.341 e. The van der Waals surface area contributed by atoms with E-state index in [0.717, 1.165) is 42.6 Å². The zero-order valence-electron chi connectivity index (χ0n) is 25.2. The molecule has 4 heterocycles. The molecule has 1 aromatic carbocycles. The zero-order chi connectivity index (χ0) is 29.4. The minimum absolute atomic E-state index is 0.345. The van der Waals surface area contributed by atoms with Gasteiger partial charge in [0.1, 0.15) is 17.4 Å². The van der Waals surface area contributed by atoms with Crippen molar-refractivity contribution in [1.82, 2.24) is 34.2 Å². The average molecular weight is 578 g/mol. The Bertz CT molecular complexity index is 1230. The van der Waals surface area contributed by atoms with Crippen LogP contribution in [0.4, 0.5) is 0 Å². The number of carboxylic acids is 1. The van der Waals surface area contributed by atoms with E-state index in [-0.39, 0.29) is 6.61 Å². The minimum atomic E-state index is -0.985. The molecule has 10 heteroatoms. The predicted molar refractivity (Wildman–Crippen MR) is 162 cm³/mol. The van der Waals surface area contributed by atoms with Crippen LogP contribution in [0.25, 0.3) is 0 Å². The van der Waals surface area contributed by atoms with Crippen LogP contribution in [0.15, 0.2) is 49.1 Å². The van der Waals surface area contributed by atoms with Gasteiger partial charge in [0.2, 0.25) is 0 Å². The molecule has 2 aromatic heterocycles. The average Bonchev–Trinajstić information content (AvgIpc) is 3.72. The Morgan fingerprint density at radius 1 is 1.02 bits per heavy atom. The Balaban J connectivity index is 1.12. The number of likely N-dealkylation sites (tertiary alicyclic amines) is 2. The van der Waals surface area contributed by atoms with Gasteiger partial charge >= 0.3 is 5.97 Å². The highest BCUT2D eigenvalue weighted by Gasteiger charge is 2.40. The molecule has 2 aliphatic rings. The molecule has 0 saturated carbocycles. The smallest absolute Gasteiger partial charge is 0.341 e. The molecule has 1 spiro atoms. The Labute approximate surface area is 249 Å². The highest BCUT2D eigenvalue weighted by molar-refractivity contribution is 5.68. The number of nitrogens with zero attached hydrogens (tertiary/aromatic N) is 6. The minimum Gasteiger partial charge on any atom is -0.482 e. The van der Waals surface area contributed by atoms with Gasteiger partial charge in [-0.15, -0.1) is 0 Å². The van der Waals surface area contributed by atoms with Crippen LogP contribution in [-0.2, 0) is 31.0 Å². The summed E-state index contributed by atoms with van der Waals surface area (Å²) < 4.78 is 7.59. The number of aromatic nitrogens is 4. The maximum atomic E-state index is 10.8. The summed E-state index contributed by atoms with van der Waals surface area (Å²) in [6.07, 6.45) is 12.8. The van der Waals surface area contributed by atoms with Crippen LogP contribution in [0.1, 0.15) is 56.7 Å². The lowest BCUT2D eigenvalue weighted by Crippen LogP contribution is -2.42. The van der Waals surface area contributed by atoms with Gasteiger partial charge in [-0.1, -0.05) is 26.0 Å². The lowest BCUT2D eigenvalue weighted by molar-refractivity contribution is -0.139. The lowest BCUT2D eigenvalue weighted by atomic mass is 9.77. The molecule has 0 bridgehead atoms. The maximum absolute atomic E-state index is 10.8. The Kier molecular flexibility index (Phi) is 10.3. The number of carboxylic acid groups (broad SMARTS) is 1. The molecule has 2 fully saturated rings. The van der Waals surface area contributed by atoms with Gasteiger partial charge in [-0.25, -0.2) is 14.8 Å². The van der Waals surface area contributed by atoms with Gasteiger partial charge in [0.15, 0.2) is 6.61 Å². The normalized spacial score (nSPS) is 17.5. The predicted octanol–water partition coefficient (Wildman–Crippen LogP) is 4.11. The van der Waals surface area contributed by atoms with Crippen molar-refractivity contribution in [2.45, 2.75) is 65.7 Å². The van der Waals surface area contributed by atoms with Crippen molar-refractivity contribution < 1.29 is 14.6 Å². The highest BCUT2D eigenvalue weighted by atomic mass is 16.5. The molecule has 0 unspecified atom stereocenters. The van der Waals surface area contributed by atoms with Gasteiger partial charge in [-0.05, 0) is 80.9 Å². The molecule has 0 atom stereocenters. The molecule has 2 aliphatic heterocycles. The first kappa shape index (κ1) is 30.3. The first-order chi connectivity index (χ1) is 20.4. The third kappa shape index (κ3) is 8.65. The van der Waals surface area contributed by atoms with Crippen molar-refractivity contribution in [2.24, 2.45) is 11.3 Å². The zero-order valence-corrected chi connectivity index (χ0v) is 25.2. The van der Waals surface area contributed by atoms with Gasteiger partial charge < -0.3 is 29.2 Å². The van der Waals surface area contributed by atoms with E-state index in [1.807, 2.05) is 36.7 Å². The van der Waals surface area contributed by atoms with E-state index in [2.05, 4.69) is 49.3 Å². The van der Waals surface area contributed by atoms with Crippen molar-refractivity contribution in [2.75, 3.05) is 45.9 Å². The van der Waals surface area contributed by atoms with Crippen LogP contribution in [0, 0.1) is 11.3 Å². The van der Waals surface area contributed by atoms with E-state index in [1.165, 1.54) is 52.0 Å². The van der Waals surface area contributed by atoms with Crippen LogP contribution < -0.4 is 4.74 Å². The van der Waals surface area contributed by atoms with Gasteiger partial charge in [-0.2, -0.15) is 0 Å². The first-order valence-corrected chi connectivity index (χ1v) is 15.4. The van der Waals surface area contributed by atoms with E-state index >= 15 is 0 Å². The number of H-pyrrole nitrogens is 1. The van der Waals surface area contributed by atoms with Crippen LogP contribution in [-0.4, -0.2) is 91.2 Å². The number of ether oxygens (including phenoxy) is 1. The molecular formula is C32H47N7O3. The third-order valence-electron chi connectivity index (χ3n) is 8.72. The second kappa shape index (κ2) is 14.3. The van der Waals surface area contributed by atoms with Crippen molar-refractivity contribution >= 4 is 5.97 Å². The number of hydrogen-bond donors (Lipinski definition) is 2. The summed E-state index contributed by atoms with van der Waals surface area (Å²) in [6, 6.07) is 7.61. The summed E-state index contributed by atoms with van der Waals surface area (Å²) in [5.74, 6) is 2.28.